The maximum atomic E-state index is 12.4. The van der Waals surface area contributed by atoms with E-state index < -0.39 is 0 Å². The van der Waals surface area contributed by atoms with Gasteiger partial charge in [0.05, 0.1) is 0 Å². The number of aromatic nitrogens is 1. The third-order valence-corrected chi connectivity index (χ3v) is 4.47. The summed E-state index contributed by atoms with van der Waals surface area (Å²) in [5.41, 5.74) is 0.480. The lowest BCUT2D eigenvalue weighted by Gasteiger charge is -2.35. The Kier molecular flexibility index (Phi) is 4.18. The first-order valence-corrected chi connectivity index (χ1v) is 7.75. The molecule has 5 heteroatoms. The Morgan fingerprint density at radius 2 is 1.67 bits per heavy atom. The third kappa shape index (κ3) is 3.06. The van der Waals surface area contributed by atoms with E-state index in [1.54, 1.807) is 23.2 Å². The Bertz CT molecular complexity index is 504. The molecule has 0 bridgehead atoms. The lowest BCUT2D eigenvalue weighted by atomic mass is 10.1. The van der Waals surface area contributed by atoms with Gasteiger partial charge in [0.25, 0.3) is 5.91 Å². The minimum Gasteiger partial charge on any atom is -0.339 e. The van der Waals surface area contributed by atoms with Gasteiger partial charge in [0.1, 0.15) is 5.69 Å². The van der Waals surface area contributed by atoms with Crippen LogP contribution in [0.15, 0.2) is 24.4 Å². The average Bonchev–Trinajstić information content (AvgIpc) is 3.09. The second kappa shape index (κ2) is 6.24. The van der Waals surface area contributed by atoms with Crippen LogP contribution >= 0.6 is 0 Å². The zero-order valence-corrected chi connectivity index (χ0v) is 12.2. The zero-order chi connectivity index (χ0) is 14.7. The number of carbonyl (C=O) groups is 2. The van der Waals surface area contributed by atoms with Crippen LogP contribution in [0.2, 0.25) is 0 Å². The Balaban J connectivity index is 1.55. The molecule has 1 saturated heterocycles. The number of carbonyl (C=O) groups excluding carboxylic acids is 2. The summed E-state index contributed by atoms with van der Waals surface area (Å²) >= 11 is 0. The van der Waals surface area contributed by atoms with Crippen molar-refractivity contribution in [2.45, 2.75) is 25.7 Å². The number of pyridine rings is 1. The quantitative estimate of drug-likeness (QED) is 0.829. The molecule has 1 aromatic rings. The summed E-state index contributed by atoms with van der Waals surface area (Å²) in [4.78, 5) is 32.5. The van der Waals surface area contributed by atoms with Crippen molar-refractivity contribution in [1.82, 2.24) is 14.8 Å². The van der Waals surface area contributed by atoms with Crippen LogP contribution in [0.3, 0.4) is 0 Å². The minimum absolute atomic E-state index is 0.0384. The van der Waals surface area contributed by atoms with Crippen LogP contribution in [0.1, 0.15) is 36.2 Å². The first-order valence-electron chi connectivity index (χ1n) is 7.75. The van der Waals surface area contributed by atoms with Crippen molar-refractivity contribution in [2.24, 2.45) is 5.92 Å². The van der Waals surface area contributed by atoms with Crippen molar-refractivity contribution in [2.75, 3.05) is 26.2 Å². The molecule has 5 nitrogen and oxygen atoms in total. The van der Waals surface area contributed by atoms with E-state index in [1.807, 2.05) is 11.0 Å². The van der Waals surface area contributed by atoms with Crippen molar-refractivity contribution in [1.29, 1.82) is 0 Å². The Hall–Kier alpha value is -1.91. The molecule has 1 aliphatic heterocycles. The highest BCUT2D eigenvalue weighted by Crippen LogP contribution is 2.27. The van der Waals surface area contributed by atoms with Gasteiger partial charge in [0.2, 0.25) is 5.91 Å². The molecule has 3 rings (SSSR count). The number of piperazine rings is 1. The van der Waals surface area contributed by atoms with Gasteiger partial charge < -0.3 is 9.80 Å². The third-order valence-electron chi connectivity index (χ3n) is 4.47. The molecule has 1 saturated carbocycles. The first-order chi connectivity index (χ1) is 10.3. The van der Waals surface area contributed by atoms with Crippen molar-refractivity contribution in [3.63, 3.8) is 0 Å². The fraction of sp³-hybridized carbons (Fsp3) is 0.562. The molecule has 21 heavy (non-hydrogen) atoms. The average molecular weight is 287 g/mol. The molecule has 0 aromatic carbocycles. The fourth-order valence-corrected chi connectivity index (χ4v) is 3.21. The Morgan fingerprint density at radius 3 is 2.29 bits per heavy atom. The molecule has 2 amide bonds. The molecule has 0 N–H and O–H groups in total. The molecule has 2 heterocycles. The van der Waals surface area contributed by atoms with Gasteiger partial charge in [-0.05, 0) is 25.0 Å². The number of amides is 2. The van der Waals surface area contributed by atoms with Crippen LogP contribution in [-0.2, 0) is 4.79 Å². The molecular formula is C16H21N3O2. The summed E-state index contributed by atoms with van der Waals surface area (Å²) in [6, 6.07) is 5.35. The van der Waals surface area contributed by atoms with Gasteiger partial charge in [-0.15, -0.1) is 0 Å². The lowest BCUT2D eigenvalue weighted by molar-refractivity contribution is -0.136. The molecule has 1 aliphatic carbocycles. The van der Waals surface area contributed by atoms with Crippen molar-refractivity contribution in [3.05, 3.63) is 30.1 Å². The SMILES string of the molecule is O=C(c1ccccn1)N1CCN(C(=O)C2CCCC2)CC1. The highest BCUT2D eigenvalue weighted by Gasteiger charge is 2.30. The second-order valence-corrected chi connectivity index (χ2v) is 5.81. The standard InChI is InChI=1S/C16H21N3O2/c20-15(13-5-1-2-6-13)18-9-11-19(12-10-18)16(21)14-7-3-4-8-17-14/h3-4,7-8,13H,1-2,5-6,9-12H2. The van der Waals surface area contributed by atoms with Crippen LogP contribution in [0, 0.1) is 5.92 Å². The molecule has 2 aliphatic rings. The Labute approximate surface area is 124 Å². The number of hydrogen-bond acceptors (Lipinski definition) is 3. The smallest absolute Gasteiger partial charge is 0.272 e. The van der Waals surface area contributed by atoms with Gasteiger partial charge in [-0.25, -0.2) is 0 Å². The summed E-state index contributed by atoms with van der Waals surface area (Å²) in [6.45, 7) is 2.50. The summed E-state index contributed by atoms with van der Waals surface area (Å²) in [7, 11) is 0. The second-order valence-electron chi connectivity index (χ2n) is 5.81. The summed E-state index contributed by atoms with van der Waals surface area (Å²) in [5.74, 6) is 0.476. The predicted molar refractivity (Wildman–Crippen MR) is 78.7 cm³/mol. The fourth-order valence-electron chi connectivity index (χ4n) is 3.21. The summed E-state index contributed by atoms with van der Waals surface area (Å²) in [5, 5.41) is 0. The Morgan fingerprint density at radius 1 is 1.00 bits per heavy atom. The number of hydrogen-bond donors (Lipinski definition) is 0. The van der Waals surface area contributed by atoms with Crippen LogP contribution in [-0.4, -0.2) is 52.8 Å². The zero-order valence-electron chi connectivity index (χ0n) is 12.2. The minimum atomic E-state index is -0.0384. The molecule has 0 radical (unpaired) electrons. The van der Waals surface area contributed by atoms with E-state index in [4.69, 9.17) is 0 Å². The van der Waals surface area contributed by atoms with E-state index in [9.17, 15) is 9.59 Å². The molecular weight excluding hydrogens is 266 g/mol. The summed E-state index contributed by atoms with van der Waals surface area (Å²) in [6.07, 6.45) is 6.05. The van der Waals surface area contributed by atoms with E-state index in [-0.39, 0.29) is 17.7 Å². The normalized spacial score (nSPS) is 19.8. The van der Waals surface area contributed by atoms with Gasteiger partial charge >= 0.3 is 0 Å². The molecule has 1 aromatic heterocycles. The number of rotatable bonds is 2. The first kappa shape index (κ1) is 14.0. The highest BCUT2D eigenvalue weighted by molar-refractivity contribution is 5.92. The summed E-state index contributed by atoms with van der Waals surface area (Å²) < 4.78 is 0. The molecule has 0 unspecified atom stereocenters. The van der Waals surface area contributed by atoms with Gasteiger partial charge in [0.15, 0.2) is 0 Å². The number of nitrogens with zero attached hydrogens (tertiary/aromatic N) is 3. The van der Waals surface area contributed by atoms with Crippen LogP contribution in [0.4, 0.5) is 0 Å². The van der Waals surface area contributed by atoms with Crippen molar-refractivity contribution >= 4 is 11.8 Å². The maximum Gasteiger partial charge on any atom is 0.272 e. The van der Waals surface area contributed by atoms with Gasteiger partial charge in [-0.3, -0.25) is 14.6 Å². The monoisotopic (exact) mass is 287 g/mol. The van der Waals surface area contributed by atoms with Crippen LogP contribution < -0.4 is 0 Å². The molecule has 112 valence electrons. The molecule has 2 fully saturated rings. The van der Waals surface area contributed by atoms with E-state index in [1.165, 1.54) is 12.8 Å². The predicted octanol–water partition coefficient (Wildman–Crippen LogP) is 1.56. The van der Waals surface area contributed by atoms with Crippen LogP contribution in [0.5, 0.6) is 0 Å². The van der Waals surface area contributed by atoms with E-state index >= 15 is 0 Å². The van der Waals surface area contributed by atoms with E-state index in [0.29, 0.717) is 31.9 Å². The van der Waals surface area contributed by atoms with Crippen molar-refractivity contribution in [3.8, 4) is 0 Å². The molecule has 0 spiro atoms. The largest absolute Gasteiger partial charge is 0.339 e. The van der Waals surface area contributed by atoms with Gasteiger partial charge in [0, 0.05) is 38.3 Å². The van der Waals surface area contributed by atoms with E-state index in [2.05, 4.69) is 4.98 Å². The maximum absolute atomic E-state index is 12.4. The van der Waals surface area contributed by atoms with Gasteiger partial charge in [-0.2, -0.15) is 0 Å². The highest BCUT2D eigenvalue weighted by atomic mass is 16.2. The van der Waals surface area contributed by atoms with Crippen LogP contribution in [0.25, 0.3) is 0 Å². The van der Waals surface area contributed by atoms with Gasteiger partial charge in [-0.1, -0.05) is 18.9 Å². The molecule has 0 atom stereocenters. The van der Waals surface area contributed by atoms with E-state index in [0.717, 1.165) is 12.8 Å². The lowest BCUT2D eigenvalue weighted by Crippen LogP contribution is -2.51. The van der Waals surface area contributed by atoms with Crippen molar-refractivity contribution < 1.29 is 9.59 Å². The topological polar surface area (TPSA) is 53.5 Å².